The first kappa shape index (κ1) is 28.1. The molecule has 0 saturated carbocycles. The molecule has 7 heteroatoms. The number of benzene rings is 3. The summed E-state index contributed by atoms with van der Waals surface area (Å²) in [7, 11) is 2.21. The highest BCUT2D eigenvalue weighted by Crippen LogP contribution is 2.41. The third-order valence-corrected chi connectivity index (χ3v) is 10.5. The van der Waals surface area contributed by atoms with E-state index in [1.165, 1.54) is 51.4 Å². The Labute approximate surface area is 265 Å². The molecule has 3 aliphatic rings. The summed E-state index contributed by atoms with van der Waals surface area (Å²) in [5.74, 6) is 2.13. The summed E-state index contributed by atoms with van der Waals surface area (Å²) in [4.78, 5) is 22.2. The molecule has 2 saturated heterocycles. The molecule has 3 aromatic carbocycles. The van der Waals surface area contributed by atoms with Crippen LogP contribution in [0.1, 0.15) is 74.4 Å². The van der Waals surface area contributed by atoms with Crippen molar-refractivity contribution in [2.75, 3.05) is 20.1 Å². The predicted octanol–water partition coefficient (Wildman–Crippen LogP) is 7.80. The van der Waals surface area contributed by atoms with E-state index in [-0.39, 0.29) is 6.04 Å². The third kappa shape index (κ3) is 4.85. The van der Waals surface area contributed by atoms with E-state index in [1.54, 1.807) is 0 Å². The first-order valence-electron chi connectivity index (χ1n) is 16.5. The van der Waals surface area contributed by atoms with Crippen LogP contribution < -0.4 is 5.32 Å². The van der Waals surface area contributed by atoms with E-state index in [2.05, 4.69) is 94.7 Å². The van der Waals surface area contributed by atoms with Gasteiger partial charge in [0.25, 0.3) is 0 Å². The Hall–Kier alpha value is -4.36. The van der Waals surface area contributed by atoms with Gasteiger partial charge in [-0.3, -0.25) is 4.90 Å². The third-order valence-electron chi connectivity index (χ3n) is 10.5. The van der Waals surface area contributed by atoms with Gasteiger partial charge in [-0.25, -0.2) is 9.97 Å². The molecule has 3 N–H and O–H groups in total. The summed E-state index contributed by atoms with van der Waals surface area (Å²) < 4.78 is 0. The normalized spacial score (nSPS) is 21.4. The van der Waals surface area contributed by atoms with Gasteiger partial charge in [-0.1, -0.05) is 31.4 Å². The molecule has 2 aliphatic heterocycles. The molecule has 3 atom stereocenters. The molecule has 1 aliphatic carbocycles. The summed E-state index contributed by atoms with van der Waals surface area (Å²) in [6, 6.07) is 17.2. The Balaban J connectivity index is 1.08. The quantitative estimate of drug-likeness (QED) is 0.179. The topological polar surface area (TPSA) is 75.9 Å². The molecule has 8 rings (SSSR count). The number of aryl methyl sites for hydroxylation is 2. The minimum Gasteiger partial charge on any atom is -0.384 e. The second kappa shape index (κ2) is 10.9. The molecule has 230 valence electrons. The number of likely N-dealkylation sites (tertiary alicyclic amines) is 2. The summed E-state index contributed by atoms with van der Waals surface area (Å²) in [6.45, 7) is 14.5. The van der Waals surface area contributed by atoms with E-state index < -0.39 is 0 Å². The maximum absolute atomic E-state index is 5.16. The van der Waals surface area contributed by atoms with Crippen molar-refractivity contribution in [1.82, 2.24) is 35.1 Å². The van der Waals surface area contributed by atoms with E-state index >= 15 is 0 Å². The highest BCUT2D eigenvalue weighted by atomic mass is 15.3. The summed E-state index contributed by atoms with van der Waals surface area (Å²) in [6.07, 6.45) is 8.67. The Kier molecular flexibility index (Phi) is 6.82. The zero-order valence-electron chi connectivity index (χ0n) is 26.7. The molecule has 0 spiro atoms. The van der Waals surface area contributed by atoms with Crippen LogP contribution in [0, 0.1) is 0 Å². The second-order valence-electron chi connectivity index (χ2n) is 13.6. The molecule has 45 heavy (non-hydrogen) atoms. The van der Waals surface area contributed by atoms with Crippen LogP contribution in [0.15, 0.2) is 73.2 Å². The minimum atomic E-state index is 0.210. The van der Waals surface area contributed by atoms with Gasteiger partial charge in [-0.15, -0.1) is 0 Å². The van der Waals surface area contributed by atoms with E-state index in [0.717, 1.165) is 72.0 Å². The van der Waals surface area contributed by atoms with Gasteiger partial charge in [0.05, 0.1) is 41.6 Å². The van der Waals surface area contributed by atoms with E-state index in [0.29, 0.717) is 18.6 Å². The van der Waals surface area contributed by atoms with Crippen molar-refractivity contribution < 1.29 is 0 Å². The lowest BCUT2D eigenvalue weighted by Crippen LogP contribution is -2.33. The molecule has 4 heterocycles. The Bertz CT molecular complexity index is 1960. The van der Waals surface area contributed by atoms with Crippen LogP contribution in [-0.4, -0.2) is 55.9 Å². The number of aromatic nitrogens is 4. The van der Waals surface area contributed by atoms with Gasteiger partial charge in [0.1, 0.15) is 11.6 Å². The van der Waals surface area contributed by atoms with Crippen molar-refractivity contribution in [3.05, 3.63) is 96.0 Å². The van der Waals surface area contributed by atoms with Crippen molar-refractivity contribution >= 4 is 21.8 Å². The molecule has 0 radical (unpaired) electrons. The summed E-state index contributed by atoms with van der Waals surface area (Å²) in [5, 5.41) is 5.85. The lowest BCUT2D eigenvalue weighted by Gasteiger charge is -2.31. The van der Waals surface area contributed by atoms with Gasteiger partial charge in [-0.2, -0.15) is 0 Å². The van der Waals surface area contributed by atoms with Crippen molar-refractivity contribution in [3.8, 4) is 22.4 Å². The number of allylic oxidation sites excluding steroid dienone is 1. The number of hydrogen-bond donors (Lipinski definition) is 3. The first-order chi connectivity index (χ1) is 21.8. The molecule has 5 aromatic rings. The molecule has 2 aromatic heterocycles. The summed E-state index contributed by atoms with van der Waals surface area (Å²) >= 11 is 0. The molecule has 0 bridgehead atoms. The predicted molar refractivity (Wildman–Crippen MR) is 184 cm³/mol. The van der Waals surface area contributed by atoms with Crippen molar-refractivity contribution in [2.45, 2.75) is 70.5 Å². The fraction of sp³-hybridized carbons (Fsp3) is 0.368. The zero-order valence-corrected chi connectivity index (χ0v) is 26.7. The number of nitrogens with one attached hydrogen (secondary N) is 3. The van der Waals surface area contributed by atoms with Gasteiger partial charge >= 0.3 is 0 Å². The van der Waals surface area contributed by atoms with Crippen LogP contribution in [0.2, 0.25) is 0 Å². The molecule has 2 unspecified atom stereocenters. The van der Waals surface area contributed by atoms with Crippen molar-refractivity contribution in [3.63, 3.8) is 0 Å². The zero-order chi connectivity index (χ0) is 30.8. The SMILES string of the molecule is C=C(C)NCC(=C)N1C(c2ncc(-c3ccc4c(c3)CCc3cc5c(ccc6[nH]c(C7CCCN7C)nc65)cc3-4)[nH]2)CC[C@@H]1C. The van der Waals surface area contributed by atoms with Gasteiger partial charge < -0.3 is 20.2 Å². The molecular formula is C38H43N7. The first-order valence-corrected chi connectivity index (χ1v) is 16.5. The number of aromatic amines is 2. The number of rotatable bonds is 7. The number of nitrogens with zero attached hydrogens (tertiary/aromatic N) is 4. The second-order valence-corrected chi connectivity index (χ2v) is 13.6. The Morgan fingerprint density at radius 1 is 0.956 bits per heavy atom. The van der Waals surface area contributed by atoms with Gasteiger partial charge in [0.2, 0.25) is 0 Å². The van der Waals surface area contributed by atoms with Crippen LogP contribution in [0.4, 0.5) is 0 Å². The number of fused-ring (bicyclic) bond motifs is 6. The average molecular weight is 598 g/mol. The monoisotopic (exact) mass is 597 g/mol. The van der Waals surface area contributed by atoms with Gasteiger partial charge in [-0.05, 0) is 123 Å². The lowest BCUT2D eigenvalue weighted by molar-refractivity contribution is 0.254. The average Bonchev–Trinajstić information content (AvgIpc) is 3.84. The molecular weight excluding hydrogens is 554 g/mol. The number of imidazole rings is 2. The highest BCUT2D eigenvalue weighted by molar-refractivity contribution is 6.06. The largest absolute Gasteiger partial charge is 0.384 e. The van der Waals surface area contributed by atoms with E-state index in [4.69, 9.17) is 9.97 Å². The highest BCUT2D eigenvalue weighted by Gasteiger charge is 2.34. The van der Waals surface area contributed by atoms with Crippen LogP contribution in [0.25, 0.3) is 44.2 Å². The van der Waals surface area contributed by atoms with Crippen LogP contribution >= 0.6 is 0 Å². The molecule has 7 nitrogen and oxygen atoms in total. The fourth-order valence-corrected chi connectivity index (χ4v) is 8.06. The lowest BCUT2D eigenvalue weighted by atomic mass is 9.83. The maximum Gasteiger partial charge on any atom is 0.129 e. The standard InChI is InChI=1S/C38H43N7/c1-22(2)39-20-24(4)45-23(3)8-15-35(45)37-40-21-33(42-37)28-11-13-29-25(17-28)9-10-26-19-31-27(18-30(26)29)12-14-32-36(31)43-38(41-32)34-7-6-16-44(34)5/h11-14,17-19,21,23,34-35,39H,1,4,6-10,15-16,20H2,2-3,5H3,(H,40,42)(H,41,43)/t23-,34?,35?/m0/s1. The summed E-state index contributed by atoms with van der Waals surface area (Å²) in [5.41, 5.74) is 12.1. The van der Waals surface area contributed by atoms with Crippen molar-refractivity contribution in [1.29, 1.82) is 0 Å². The Morgan fingerprint density at radius 3 is 2.60 bits per heavy atom. The van der Waals surface area contributed by atoms with Crippen LogP contribution in [-0.2, 0) is 12.8 Å². The maximum atomic E-state index is 5.16. The van der Waals surface area contributed by atoms with Gasteiger partial charge in [0.15, 0.2) is 0 Å². The Morgan fingerprint density at radius 2 is 1.80 bits per heavy atom. The van der Waals surface area contributed by atoms with Crippen LogP contribution in [0.3, 0.4) is 0 Å². The van der Waals surface area contributed by atoms with Crippen molar-refractivity contribution in [2.24, 2.45) is 0 Å². The smallest absolute Gasteiger partial charge is 0.129 e. The van der Waals surface area contributed by atoms with E-state index in [1.807, 2.05) is 13.1 Å². The fourth-order valence-electron chi connectivity index (χ4n) is 8.06. The van der Waals surface area contributed by atoms with E-state index in [9.17, 15) is 0 Å². The minimum absolute atomic E-state index is 0.210. The molecule has 2 fully saturated rings. The van der Waals surface area contributed by atoms with Crippen LogP contribution in [0.5, 0.6) is 0 Å². The molecule has 0 amide bonds. The number of hydrogen-bond acceptors (Lipinski definition) is 5. The number of H-pyrrole nitrogens is 2. The van der Waals surface area contributed by atoms with Gasteiger partial charge in [0, 0.05) is 22.8 Å².